The molecule has 1 saturated heterocycles. The monoisotopic (exact) mass is 606 g/mol. The van der Waals surface area contributed by atoms with E-state index in [0.29, 0.717) is 11.1 Å². The number of aliphatic hydroxyl groups excluding tert-OH is 1. The molecular formula is C27H22BrClF2N2O5. The largest absolute Gasteiger partial charge is 0.481 e. The first-order valence-corrected chi connectivity index (χ1v) is 13.0. The van der Waals surface area contributed by atoms with Crippen molar-refractivity contribution in [3.8, 4) is 11.6 Å². The first-order chi connectivity index (χ1) is 18.0. The first-order valence-electron chi connectivity index (χ1n) is 11.9. The topological polar surface area (TPSA) is 92.1 Å². The number of nitrogens with zero attached hydrogens (tertiary/aromatic N) is 2. The quantitative estimate of drug-likeness (QED) is 0.432. The smallest absolute Gasteiger partial charge is 0.282 e. The average molecular weight is 608 g/mol. The van der Waals surface area contributed by atoms with Crippen LogP contribution >= 0.6 is 27.5 Å². The number of hydrogen-bond acceptors (Lipinski definition) is 6. The minimum Gasteiger partial charge on any atom is -0.481 e. The second-order valence-corrected chi connectivity index (χ2v) is 11.2. The van der Waals surface area contributed by atoms with Crippen LogP contribution in [0.3, 0.4) is 0 Å². The number of rotatable bonds is 4. The molecule has 0 unspecified atom stereocenters. The van der Waals surface area contributed by atoms with Crippen molar-refractivity contribution in [1.82, 2.24) is 9.88 Å². The fraction of sp³-hybridized carbons (Fsp3) is 0.333. The molecule has 3 aliphatic rings. The van der Waals surface area contributed by atoms with E-state index in [1.54, 1.807) is 54.6 Å². The van der Waals surface area contributed by atoms with Crippen molar-refractivity contribution in [3.63, 3.8) is 0 Å². The van der Waals surface area contributed by atoms with E-state index in [1.807, 2.05) is 0 Å². The number of benzene rings is 2. The molecule has 0 spiro atoms. The Hall–Kier alpha value is -2.79. The van der Waals surface area contributed by atoms with E-state index in [1.165, 1.54) is 13.2 Å². The van der Waals surface area contributed by atoms with Crippen molar-refractivity contribution in [2.75, 3.05) is 20.2 Å². The van der Waals surface area contributed by atoms with Gasteiger partial charge in [-0.25, -0.2) is 13.8 Å². The van der Waals surface area contributed by atoms with Crippen LogP contribution in [0.15, 0.2) is 65.1 Å². The number of halogens is 4. The number of amides is 1. The van der Waals surface area contributed by atoms with Gasteiger partial charge in [-0.05, 0) is 23.3 Å². The zero-order valence-electron chi connectivity index (χ0n) is 19.9. The molecule has 1 saturated carbocycles. The van der Waals surface area contributed by atoms with Crippen LogP contribution in [-0.4, -0.2) is 58.2 Å². The maximum absolute atomic E-state index is 13.8. The van der Waals surface area contributed by atoms with Crippen LogP contribution in [0.5, 0.6) is 11.6 Å². The van der Waals surface area contributed by atoms with Gasteiger partial charge in [0.15, 0.2) is 11.2 Å². The molecule has 38 heavy (non-hydrogen) atoms. The summed E-state index contributed by atoms with van der Waals surface area (Å²) in [6, 6.07) is 17.2. The lowest BCUT2D eigenvalue weighted by Crippen LogP contribution is -2.61. The Balaban J connectivity index is 1.65. The van der Waals surface area contributed by atoms with E-state index in [4.69, 9.17) is 21.1 Å². The zero-order valence-corrected chi connectivity index (χ0v) is 22.3. The minimum atomic E-state index is -3.01. The Morgan fingerprint density at radius 3 is 2.45 bits per heavy atom. The number of aliphatic hydroxyl groups is 2. The molecule has 2 N–H and O–H groups in total. The van der Waals surface area contributed by atoms with Crippen molar-refractivity contribution in [2.45, 2.75) is 29.1 Å². The molecular weight excluding hydrogens is 586 g/mol. The number of ether oxygens (including phenoxy) is 2. The molecule has 3 heterocycles. The Labute approximate surface area is 230 Å². The summed E-state index contributed by atoms with van der Waals surface area (Å²) in [5.41, 5.74) is -2.99. The van der Waals surface area contributed by atoms with Gasteiger partial charge < -0.3 is 24.6 Å². The summed E-state index contributed by atoms with van der Waals surface area (Å²) in [5, 5.41) is 24.7. The molecule has 1 aliphatic carbocycles. The molecule has 198 valence electrons. The van der Waals surface area contributed by atoms with Crippen LogP contribution in [0.2, 0.25) is 5.15 Å². The Morgan fingerprint density at radius 2 is 1.84 bits per heavy atom. The third-order valence-electron chi connectivity index (χ3n) is 7.77. The molecule has 2 aromatic carbocycles. The lowest BCUT2D eigenvalue weighted by molar-refractivity contribution is -0.176. The summed E-state index contributed by atoms with van der Waals surface area (Å²) >= 11 is 9.65. The molecule has 1 amide bonds. The lowest BCUT2D eigenvalue weighted by Gasteiger charge is -2.42. The molecule has 6 rings (SSSR count). The van der Waals surface area contributed by atoms with Gasteiger partial charge in [0.2, 0.25) is 11.8 Å². The molecule has 0 bridgehead atoms. The minimum absolute atomic E-state index is 0.0324. The second kappa shape index (κ2) is 8.61. The van der Waals surface area contributed by atoms with Gasteiger partial charge in [-0.15, -0.1) is 0 Å². The van der Waals surface area contributed by atoms with E-state index in [9.17, 15) is 23.8 Å². The average Bonchev–Trinajstić information content (AvgIpc) is 3.25. The van der Waals surface area contributed by atoms with Gasteiger partial charge in [-0.2, -0.15) is 0 Å². The highest BCUT2D eigenvalue weighted by Gasteiger charge is 2.78. The Bertz CT molecular complexity index is 1420. The normalized spacial score (nSPS) is 30.7. The molecule has 5 atom stereocenters. The van der Waals surface area contributed by atoms with Crippen molar-refractivity contribution >= 4 is 33.4 Å². The van der Waals surface area contributed by atoms with Crippen LogP contribution in [0.4, 0.5) is 8.78 Å². The van der Waals surface area contributed by atoms with Gasteiger partial charge in [0, 0.05) is 16.5 Å². The number of methoxy groups -OCH3 is 1. The zero-order chi connectivity index (χ0) is 27.0. The number of aromatic nitrogens is 1. The maximum atomic E-state index is 13.8. The van der Waals surface area contributed by atoms with Crippen LogP contribution in [-0.2, 0) is 16.0 Å². The standard InChI is InChI=1S/C27H22BrClF2N2O5/c1-37-23-21-17(11-18(29)32-23)38-27(15-7-9-16(28)10-8-15)20(14-5-3-2-4-6-14)19(22(34)26(21,27)36)24(35)33-12-25(30,31)13-33/h2-11,19-20,22,34,36H,12-13H2,1H3/t19-,20-,22-,26+,27+/m1/s1. The molecule has 0 radical (unpaired) electrons. The number of fused-ring (bicyclic) bond motifs is 3. The molecule has 3 aromatic rings. The summed E-state index contributed by atoms with van der Waals surface area (Å²) in [4.78, 5) is 19.0. The molecule has 11 heteroatoms. The first kappa shape index (κ1) is 25.5. The van der Waals surface area contributed by atoms with Crippen molar-refractivity contribution in [2.24, 2.45) is 5.92 Å². The van der Waals surface area contributed by atoms with Gasteiger partial charge >= 0.3 is 0 Å². The van der Waals surface area contributed by atoms with Crippen molar-refractivity contribution in [3.05, 3.63) is 87.0 Å². The van der Waals surface area contributed by atoms with E-state index in [2.05, 4.69) is 20.9 Å². The number of carbonyl (C=O) groups excluding carboxylic acids is 1. The van der Waals surface area contributed by atoms with Crippen molar-refractivity contribution in [1.29, 1.82) is 0 Å². The summed E-state index contributed by atoms with van der Waals surface area (Å²) in [5.74, 6) is -6.00. The Kier molecular flexibility index (Phi) is 5.77. The summed E-state index contributed by atoms with van der Waals surface area (Å²) in [7, 11) is 1.34. The third-order valence-corrected chi connectivity index (χ3v) is 8.49. The van der Waals surface area contributed by atoms with Gasteiger partial charge in [-0.1, -0.05) is 70.0 Å². The van der Waals surface area contributed by atoms with E-state index < -0.39 is 54.1 Å². The maximum Gasteiger partial charge on any atom is 0.282 e. The van der Waals surface area contributed by atoms with Gasteiger partial charge in [0.05, 0.1) is 31.7 Å². The van der Waals surface area contributed by atoms with Gasteiger partial charge in [0.25, 0.3) is 5.92 Å². The number of hydrogen-bond donors (Lipinski definition) is 2. The third kappa shape index (κ3) is 3.36. The van der Waals surface area contributed by atoms with Crippen LogP contribution in [0, 0.1) is 5.92 Å². The predicted molar refractivity (Wildman–Crippen MR) is 136 cm³/mol. The number of likely N-dealkylation sites (tertiary alicyclic amines) is 1. The summed E-state index contributed by atoms with van der Waals surface area (Å²) in [6.07, 6.45) is -1.78. The van der Waals surface area contributed by atoms with E-state index in [-0.39, 0.29) is 22.3 Å². The lowest BCUT2D eigenvalue weighted by atomic mass is 9.70. The SMILES string of the molecule is COc1nc(Cl)cc2c1[C@]1(O)[C@H](O)[C@H](C(=O)N3CC(F)(F)C3)[C@@H](c3ccccc3)[C@]1(c1ccc(Br)cc1)O2. The second-order valence-electron chi connectivity index (χ2n) is 9.85. The summed E-state index contributed by atoms with van der Waals surface area (Å²) < 4.78 is 40.4. The van der Waals surface area contributed by atoms with Crippen molar-refractivity contribution < 1.29 is 33.3 Å². The molecule has 2 aliphatic heterocycles. The number of carbonyl (C=O) groups is 1. The van der Waals surface area contributed by atoms with Gasteiger partial charge in [0.1, 0.15) is 17.0 Å². The van der Waals surface area contributed by atoms with E-state index >= 15 is 0 Å². The highest BCUT2D eigenvalue weighted by atomic mass is 79.9. The predicted octanol–water partition coefficient (Wildman–Crippen LogP) is 4.23. The highest BCUT2D eigenvalue weighted by molar-refractivity contribution is 9.10. The van der Waals surface area contributed by atoms with Crippen LogP contribution < -0.4 is 9.47 Å². The Morgan fingerprint density at radius 1 is 1.18 bits per heavy atom. The fourth-order valence-corrected chi connectivity index (χ4v) is 6.71. The number of pyridine rings is 1. The highest BCUT2D eigenvalue weighted by Crippen LogP contribution is 2.70. The van der Waals surface area contributed by atoms with Crippen LogP contribution in [0.25, 0.3) is 0 Å². The van der Waals surface area contributed by atoms with Crippen LogP contribution in [0.1, 0.15) is 22.6 Å². The molecule has 7 nitrogen and oxygen atoms in total. The van der Waals surface area contributed by atoms with E-state index in [0.717, 1.165) is 9.37 Å². The summed E-state index contributed by atoms with van der Waals surface area (Å²) in [6.45, 7) is -1.53. The number of alkyl halides is 2. The fourth-order valence-electron chi connectivity index (χ4n) is 6.26. The molecule has 1 aromatic heterocycles. The molecule has 2 fully saturated rings. The van der Waals surface area contributed by atoms with Gasteiger partial charge in [-0.3, -0.25) is 4.79 Å².